The molecule has 1 aromatic heterocycles. The maximum atomic E-state index is 12.9. The summed E-state index contributed by atoms with van der Waals surface area (Å²) in [6.07, 6.45) is 6.04. The van der Waals surface area contributed by atoms with Crippen LogP contribution in [0.25, 0.3) is 0 Å². The highest BCUT2D eigenvalue weighted by Crippen LogP contribution is 2.31. The summed E-state index contributed by atoms with van der Waals surface area (Å²) in [7, 11) is 1.22. The SMILES string of the molecule is COC(=O)c1occc1COC(=O)c1ccc2c(c1)C(=O)N(C1CCCCC1)C2=O. The number of carbonyl (C=O) groups excluding carboxylic acids is 4. The molecule has 1 fully saturated rings. The number of fused-ring (bicyclic) bond motifs is 1. The molecular weight excluding hydrogens is 390 g/mol. The van der Waals surface area contributed by atoms with Crippen molar-refractivity contribution in [3.63, 3.8) is 0 Å². The minimum Gasteiger partial charge on any atom is -0.463 e. The topological polar surface area (TPSA) is 103 Å². The Kier molecular flexibility index (Phi) is 5.39. The standard InChI is InChI=1S/C22H21NO7/c1-28-22(27)18-14(9-10-29-18)12-30-21(26)13-7-8-16-17(11-13)20(25)23(19(16)24)15-5-3-2-4-6-15/h7-11,15H,2-6,12H2,1H3. The molecule has 0 bridgehead atoms. The highest BCUT2D eigenvalue weighted by atomic mass is 16.5. The first-order valence-electron chi connectivity index (χ1n) is 9.85. The number of benzene rings is 1. The minimum atomic E-state index is -0.675. The maximum absolute atomic E-state index is 12.9. The van der Waals surface area contributed by atoms with Crippen molar-refractivity contribution in [2.45, 2.75) is 44.8 Å². The highest BCUT2D eigenvalue weighted by molar-refractivity contribution is 6.22. The van der Waals surface area contributed by atoms with Crippen LogP contribution in [0.2, 0.25) is 0 Å². The predicted octanol–water partition coefficient (Wildman–Crippen LogP) is 3.35. The van der Waals surface area contributed by atoms with Gasteiger partial charge in [-0.25, -0.2) is 9.59 Å². The Hall–Kier alpha value is -3.42. The van der Waals surface area contributed by atoms with Crippen LogP contribution in [0.3, 0.4) is 0 Å². The normalized spacial score (nSPS) is 16.5. The Balaban J connectivity index is 1.49. The van der Waals surface area contributed by atoms with E-state index in [0.29, 0.717) is 11.1 Å². The lowest BCUT2D eigenvalue weighted by Crippen LogP contribution is -2.40. The van der Waals surface area contributed by atoms with Crippen LogP contribution in [0, 0.1) is 0 Å². The monoisotopic (exact) mass is 411 g/mol. The Morgan fingerprint density at radius 3 is 2.50 bits per heavy atom. The number of hydrogen-bond acceptors (Lipinski definition) is 7. The maximum Gasteiger partial charge on any atom is 0.374 e. The molecule has 2 heterocycles. The summed E-state index contributed by atoms with van der Waals surface area (Å²) in [5.41, 5.74) is 1.05. The molecule has 1 aliphatic heterocycles. The zero-order valence-corrected chi connectivity index (χ0v) is 16.5. The quantitative estimate of drug-likeness (QED) is 0.549. The third-order valence-corrected chi connectivity index (χ3v) is 5.57. The third-order valence-electron chi connectivity index (χ3n) is 5.57. The number of amides is 2. The number of imide groups is 1. The number of ether oxygens (including phenoxy) is 2. The van der Waals surface area contributed by atoms with Crippen molar-refractivity contribution in [2.75, 3.05) is 7.11 Å². The lowest BCUT2D eigenvalue weighted by molar-refractivity contribution is 0.0453. The number of furan rings is 1. The lowest BCUT2D eigenvalue weighted by atomic mass is 9.94. The predicted molar refractivity (Wildman–Crippen MR) is 103 cm³/mol. The summed E-state index contributed by atoms with van der Waals surface area (Å²) in [6, 6.07) is 5.78. The molecule has 2 aromatic rings. The Morgan fingerprint density at radius 1 is 1.03 bits per heavy atom. The second-order valence-electron chi connectivity index (χ2n) is 7.38. The number of rotatable bonds is 5. The van der Waals surface area contributed by atoms with Gasteiger partial charge in [0.1, 0.15) is 6.61 Å². The van der Waals surface area contributed by atoms with Gasteiger partial charge in [0.25, 0.3) is 11.8 Å². The van der Waals surface area contributed by atoms with Gasteiger partial charge in [-0.15, -0.1) is 0 Å². The zero-order chi connectivity index (χ0) is 21.3. The Bertz CT molecular complexity index is 1020. The highest BCUT2D eigenvalue weighted by Gasteiger charge is 2.40. The van der Waals surface area contributed by atoms with Gasteiger partial charge >= 0.3 is 11.9 Å². The molecule has 156 valence electrons. The van der Waals surface area contributed by atoms with E-state index in [0.717, 1.165) is 32.1 Å². The van der Waals surface area contributed by atoms with E-state index < -0.39 is 11.9 Å². The smallest absolute Gasteiger partial charge is 0.374 e. The van der Waals surface area contributed by atoms with Gasteiger partial charge in [-0.1, -0.05) is 19.3 Å². The van der Waals surface area contributed by atoms with Crippen LogP contribution in [0.15, 0.2) is 34.9 Å². The van der Waals surface area contributed by atoms with E-state index in [4.69, 9.17) is 9.15 Å². The molecule has 0 spiro atoms. The fraction of sp³-hybridized carbons (Fsp3) is 0.364. The Labute approximate surface area is 172 Å². The second kappa shape index (κ2) is 8.14. The van der Waals surface area contributed by atoms with E-state index in [1.807, 2.05) is 0 Å². The Morgan fingerprint density at radius 2 is 1.77 bits per heavy atom. The summed E-state index contributed by atoms with van der Waals surface area (Å²) < 4.78 is 14.9. The van der Waals surface area contributed by atoms with Crippen LogP contribution in [-0.4, -0.2) is 41.8 Å². The fourth-order valence-corrected chi connectivity index (χ4v) is 4.01. The van der Waals surface area contributed by atoms with E-state index in [2.05, 4.69) is 4.74 Å². The molecule has 30 heavy (non-hydrogen) atoms. The number of carbonyl (C=O) groups is 4. The van der Waals surface area contributed by atoms with Gasteiger partial charge in [0.15, 0.2) is 0 Å². The van der Waals surface area contributed by atoms with Gasteiger partial charge < -0.3 is 13.9 Å². The van der Waals surface area contributed by atoms with Gasteiger partial charge in [-0.2, -0.15) is 0 Å². The van der Waals surface area contributed by atoms with E-state index in [1.165, 1.54) is 42.5 Å². The molecule has 1 aliphatic carbocycles. The summed E-state index contributed by atoms with van der Waals surface area (Å²) >= 11 is 0. The molecule has 0 N–H and O–H groups in total. The van der Waals surface area contributed by atoms with Crippen LogP contribution < -0.4 is 0 Å². The van der Waals surface area contributed by atoms with E-state index >= 15 is 0 Å². The van der Waals surface area contributed by atoms with Gasteiger partial charge in [-0.3, -0.25) is 14.5 Å². The van der Waals surface area contributed by atoms with Crippen LogP contribution in [-0.2, 0) is 16.1 Å². The first-order chi connectivity index (χ1) is 14.5. The summed E-state index contributed by atoms with van der Waals surface area (Å²) in [5, 5.41) is 0. The molecular formula is C22H21NO7. The second-order valence-corrected chi connectivity index (χ2v) is 7.38. The number of hydrogen-bond donors (Lipinski definition) is 0. The van der Waals surface area contributed by atoms with Crippen molar-refractivity contribution >= 4 is 23.8 Å². The molecule has 1 aromatic carbocycles. The van der Waals surface area contributed by atoms with E-state index in [9.17, 15) is 19.2 Å². The van der Waals surface area contributed by atoms with Crippen LogP contribution in [0.5, 0.6) is 0 Å². The summed E-state index contributed by atoms with van der Waals surface area (Å²) in [5.74, 6) is -2.05. The third kappa shape index (κ3) is 3.49. The average molecular weight is 411 g/mol. The molecule has 2 amide bonds. The van der Waals surface area contributed by atoms with Gasteiger partial charge in [0.2, 0.25) is 5.76 Å². The molecule has 0 radical (unpaired) electrons. The lowest BCUT2D eigenvalue weighted by Gasteiger charge is -2.29. The molecule has 0 saturated heterocycles. The summed E-state index contributed by atoms with van der Waals surface area (Å²) in [4.78, 5) is 51.1. The summed E-state index contributed by atoms with van der Waals surface area (Å²) in [6.45, 7) is -0.197. The molecule has 1 saturated carbocycles. The van der Waals surface area contributed by atoms with Crippen molar-refractivity contribution in [3.05, 3.63) is 58.5 Å². The first-order valence-corrected chi connectivity index (χ1v) is 9.85. The van der Waals surface area contributed by atoms with Gasteiger partial charge in [0, 0.05) is 11.6 Å². The number of esters is 2. The largest absolute Gasteiger partial charge is 0.463 e. The molecule has 2 aliphatic rings. The van der Waals surface area contributed by atoms with E-state index in [1.54, 1.807) is 0 Å². The van der Waals surface area contributed by atoms with E-state index in [-0.39, 0.29) is 41.4 Å². The van der Waals surface area contributed by atoms with Crippen molar-refractivity contribution < 1.29 is 33.1 Å². The molecule has 0 atom stereocenters. The molecule has 0 unspecified atom stereocenters. The molecule has 8 heteroatoms. The fourth-order valence-electron chi connectivity index (χ4n) is 4.01. The van der Waals surface area contributed by atoms with Crippen LogP contribution >= 0.6 is 0 Å². The van der Waals surface area contributed by atoms with Crippen LogP contribution in [0.1, 0.15) is 79.3 Å². The number of methoxy groups -OCH3 is 1. The van der Waals surface area contributed by atoms with Crippen molar-refractivity contribution in [1.82, 2.24) is 4.90 Å². The van der Waals surface area contributed by atoms with Crippen molar-refractivity contribution in [2.24, 2.45) is 0 Å². The van der Waals surface area contributed by atoms with Crippen LogP contribution in [0.4, 0.5) is 0 Å². The molecule has 8 nitrogen and oxygen atoms in total. The number of nitrogens with zero attached hydrogens (tertiary/aromatic N) is 1. The van der Waals surface area contributed by atoms with Gasteiger partial charge in [-0.05, 0) is 37.1 Å². The average Bonchev–Trinajstić information content (AvgIpc) is 3.34. The van der Waals surface area contributed by atoms with Crippen molar-refractivity contribution in [1.29, 1.82) is 0 Å². The first kappa shape index (κ1) is 19.9. The van der Waals surface area contributed by atoms with Crippen molar-refractivity contribution in [3.8, 4) is 0 Å². The minimum absolute atomic E-state index is 0.0387. The zero-order valence-electron chi connectivity index (χ0n) is 16.5. The van der Waals surface area contributed by atoms with Gasteiger partial charge in [0.05, 0.1) is 30.1 Å². The molecule has 4 rings (SSSR count).